The molecule has 0 spiro atoms. The van der Waals surface area contributed by atoms with Crippen LogP contribution in [0.25, 0.3) is 0 Å². The number of carbonyl (C=O) groups is 1. The van der Waals surface area contributed by atoms with Crippen molar-refractivity contribution in [1.82, 2.24) is 15.5 Å². The Morgan fingerprint density at radius 2 is 2.06 bits per heavy atom. The molecule has 0 aliphatic heterocycles. The molecule has 0 fully saturated rings. The lowest BCUT2D eigenvalue weighted by atomic mass is 10.3. The Hall–Kier alpha value is -0.960. The maximum absolute atomic E-state index is 11.5. The monoisotopic (exact) mass is 298 g/mol. The van der Waals surface area contributed by atoms with Crippen molar-refractivity contribution in [3.05, 3.63) is 21.9 Å². The highest BCUT2D eigenvalue weighted by Gasteiger charge is 2.13. The van der Waals surface area contributed by atoms with Crippen LogP contribution in [0.15, 0.2) is 6.07 Å². The minimum atomic E-state index is -3.62. The van der Waals surface area contributed by atoms with E-state index in [9.17, 15) is 13.2 Å². The van der Waals surface area contributed by atoms with Gasteiger partial charge in [-0.25, -0.2) is 13.6 Å². The number of rotatable bonds is 4. The zero-order valence-electron chi connectivity index (χ0n) is 8.35. The molecule has 1 amide bonds. The Bertz CT molecular complexity index is 534. The highest BCUT2D eigenvalue weighted by Crippen LogP contribution is 2.14. The Morgan fingerprint density at radius 3 is 2.65 bits per heavy atom. The molecule has 0 saturated heterocycles. The molecule has 3 N–H and O–H groups in total. The fourth-order valence-corrected chi connectivity index (χ4v) is 1.63. The molecule has 17 heavy (non-hydrogen) atoms. The molecule has 0 saturated carbocycles. The number of aromatic nitrogens is 2. The van der Waals surface area contributed by atoms with Gasteiger partial charge in [-0.3, -0.25) is 4.79 Å². The zero-order chi connectivity index (χ0) is 13.1. The Kier molecular flexibility index (Phi) is 4.63. The molecule has 1 rings (SSSR count). The van der Waals surface area contributed by atoms with Gasteiger partial charge in [0.15, 0.2) is 10.3 Å². The lowest BCUT2D eigenvalue weighted by molar-refractivity contribution is 0.0955. The average Bonchev–Trinajstić information content (AvgIpc) is 2.19. The van der Waals surface area contributed by atoms with Crippen molar-refractivity contribution in [2.45, 2.75) is 0 Å². The molecule has 0 aliphatic carbocycles. The highest BCUT2D eigenvalue weighted by molar-refractivity contribution is 7.89. The number of nitrogens with two attached hydrogens (primary N) is 1. The van der Waals surface area contributed by atoms with Crippen molar-refractivity contribution >= 4 is 39.1 Å². The molecule has 1 aromatic rings. The van der Waals surface area contributed by atoms with E-state index >= 15 is 0 Å². The van der Waals surface area contributed by atoms with Crippen molar-refractivity contribution in [2.24, 2.45) is 5.14 Å². The van der Waals surface area contributed by atoms with Crippen LogP contribution in [0.5, 0.6) is 0 Å². The number of sulfonamides is 1. The summed E-state index contributed by atoms with van der Waals surface area (Å²) in [6, 6.07) is 1.23. The van der Waals surface area contributed by atoms with Gasteiger partial charge in [0.2, 0.25) is 10.0 Å². The second-order valence-corrected chi connectivity index (χ2v) is 5.47. The summed E-state index contributed by atoms with van der Waals surface area (Å²) in [6.45, 7) is -0.131. The second kappa shape index (κ2) is 5.58. The van der Waals surface area contributed by atoms with Gasteiger partial charge in [-0.1, -0.05) is 23.2 Å². The van der Waals surface area contributed by atoms with Crippen LogP contribution in [0.1, 0.15) is 10.4 Å². The van der Waals surface area contributed by atoms with Crippen molar-refractivity contribution < 1.29 is 13.2 Å². The fourth-order valence-electron chi connectivity index (χ4n) is 0.914. The first kappa shape index (κ1) is 14.1. The van der Waals surface area contributed by atoms with Crippen LogP contribution in [-0.4, -0.2) is 36.8 Å². The number of amides is 1. The van der Waals surface area contributed by atoms with Gasteiger partial charge in [-0.05, 0) is 6.07 Å². The maximum Gasteiger partial charge on any atom is 0.254 e. The van der Waals surface area contributed by atoms with Crippen molar-refractivity contribution in [3.8, 4) is 0 Å². The quantitative estimate of drug-likeness (QED) is 0.799. The van der Waals surface area contributed by atoms with E-state index in [2.05, 4.69) is 15.5 Å². The molecule has 1 aromatic heterocycles. The van der Waals surface area contributed by atoms with Gasteiger partial charge in [0, 0.05) is 6.54 Å². The Morgan fingerprint density at radius 1 is 1.41 bits per heavy atom. The minimum Gasteiger partial charge on any atom is -0.351 e. The highest BCUT2D eigenvalue weighted by atomic mass is 35.5. The zero-order valence-corrected chi connectivity index (χ0v) is 10.7. The van der Waals surface area contributed by atoms with Gasteiger partial charge >= 0.3 is 0 Å². The third-order valence-electron chi connectivity index (χ3n) is 1.64. The van der Waals surface area contributed by atoms with E-state index in [-0.39, 0.29) is 28.2 Å². The number of nitrogens with zero attached hydrogens (tertiary/aromatic N) is 2. The first-order valence-corrected chi connectivity index (χ1v) is 6.74. The van der Waals surface area contributed by atoms with Gasteiger partial charge in [0.25, 0.3) is 5.91 Å². The van der Waals surface area contributed by atoms with Crippen molar-refractivity contribution in [2.75, 3.05) is 12.3 Å². The van der Waals surface area contributed by atoms with E-state index in [1.807, 2.05) is 0 Å². The van der Waals surface area contributed by atoms with Crippen molar-refractivity contribution in [3.63, 3.8) is 0 Å². The summed E-state index contributed by atoms with van der Waals surface area (Å²) >= 11 is 11.2. The van der Waals surface area contributed by atoms with Crippen LogP contribution in [-0.2, 0) is 10.0 Å². The largest absolute Gasteiger partial charge is 0.351 e. The van der Waals surface area contributed by atoms with Crippen LogP contribution in [0, 0.1) is 0 Å². The normalized spacial score (nSPS) is 11.2. The summed E-state index contributed by atoms with van der Waals surface area (Å²) in [7, 11) is -3.62. The SMILES string of the molecule is NS(=O)(=O)CCNC(=O)c1cc(Cl)nnc1Cl. The molecule has 7 nitrogen and oxygen atoms in total. The lowest BCUT2D eigenvalue weighted by Gasteiger charge is -2.05. The van der Waals surface area contributed by atoms with E-state index in [0.717, 1.165) is 0 Å². The molecule has 0 radical (unpaired) electrons. The van der Waals surface area contributed by atoms with Crippen LogP contribution >= 0.6 is 23.2 Å². The molecule has 0 aromatic carbocycles. The van der Waals surface area contributed by atoms with Gasteiger partial charge in [0.05, 0.1) is 11.3 Å². The van der Waals surface area contributed by atoms with Crippen molar-refractivity contribution in [1.29, 1.82) is 0 Å². The van der Waals surface area contributed by atoms with E-state index in [1.54, 1.807) is 0 Å². The smallest absolute Gasteiger partial charge is 0.254 e. The topological polar surface area (TPSA) is 115 Å². The first-order valence-electron chi connectivity index (χ1n) is 4.27. The number of carbonyl (C=O) groups excluding carboxylic acids is 1. The molecule has 0 unspecified atom stereocenters. The summed E-state index contributed by atoms with van der Waals surface area (Å²) in [5.74, 6) is -0.974. The van der Waals surface area contributed by atoms with E-state index in [0.29, 0.717) is 0 Å². The number of hydrogen-bond donors (Lipinski definition) is 2. The predicted molar refractivity (Wildman–Crippen MR) is 62.4 cm³/mol. The maximum atomic E-state index is 11.5. The van der Waals surface area contributed by atoms with Crippen LogP contribution in [0.2, 0.25) is 10.3 Å². The molecule has 0 atom stereocenters. The fraction of sp³-hybridized carbons (Fsp3) is 0.286. The molecular weight excluding hydrogens is 291 g/mol. The second-order valence-electron chi connectivity index (χ2n) is 2.99. The summed E-state index contributed by atoms with van der Waals surface area (Å²) in [5.41, 5.74) is 0.0149. The number of hydrogen-bond acceptors (Lipinski definition) is 5. The molecule has 0 aliphatic rings. The third-order valence-corrected chi connectivity index (χ3v) is 2.87. The third kappa shape index (κ3) is 4.82. The summed E-state index contributed by atoms with van der Waals surface area (Å²) < 4.78 is 21.3. The van der Waals surface area contributed by atoms with E-state index < -0.39 is 15.9 Å². The summed E-state index contributed by atoms with van der Waals surface area (Å²) in [5, 5.41) is 13.8. The lowest BCUT2D eigenvalue weighted by Crippen LogP contribution is -2.31. The number of nitrogens with one attached hydrogen (secondary N) is 1. The summed E-state index contributed by atoms with van der Waals surface area (Å²) in [6.07, 6.45) is 0. The molecule has 0 bridgehead atoms. The van der Waals surface area contributed by atoms with Gasteiger partial charge in [-0.2, -0.15) is 0 Å². The molecule has 10 heteroatoms. The molecule has 94 valence electrons. The predicted octanol–water partition coefficient (Wildman–Crippen LogP) is -0.198. The van der Waals surface area contributed by atoms with Crippen LogP contribution < -0.4 is 10.5 Å². The van der Waals surface area contributed by atoms with E-state index in [1.165, 1.54) is 6.07 Å². The number of halogens is 2. The standard InChI is InChI=1S/C7H8Cl2N4O3S/c8-5-3-4(6(9)13-12-5)7(14)11-1-2-17(10,15)16/h3H,1-2H2,(H,11,14)(H2,10,15,16). The Labute approximate surface area is 107 Å². The van der Waals surface area contributed by atoms with Crippen LogP contribution in [0.4, 0.5) is 0 Å². The van der Waals surface area contributed by atoms with E-state index in [4.69, 9.17) is 28.3 Å². The van der Waals surface area contributed by atoms with Gasteiger partial charge in [-0.15, -0.1) is 10.2 Å². The Balaban J connectivity index is 2.67. The molecular formula is C7H8Cl2N4O3S. The minimum absolute atomic E-state index is 0.00555. The average molecular weight is 299 g/mol. The number of primary sulfonamides is 1. The summed E-state index contributed by atoms with van der Waals surface area (Å²) in [4.78, 5) is 11.5. The van der Waals surface area contributed by atoms with Gasteiger partial charge in [0.1, 0.15) is 0 Å². The van der Waals surface area contributed by atoms with Gasteiger partial charge < -0.3 is 5.32 Å². The van der Waals surface area contributed by atoms with Crippen LogP contribution in [0.3, 0.4) is 0 Å². The first-order chi connectivity index (χ1) is 7.79. The molecule has 1 heterocycles.